The zero-order valence-corrected chi connectivity index (χ0v) is 20.1. The predicted octanol–water partition coefficient (Wildman–Crippen LogP) is 3.73. The van der Waals surface area contributed by atoms with Crippen LogP contribution in [0.1, 0.15) is 47.9 Å². The summed E-state index contributed by atoms with van der Waals surface area (Å²) in [5.74, 6) is 1.24. The molecule has 33 heavy (non-hydrogen) atoms. The maximum absolute atomic E-state index is 13.5. The van der Waals surface area contributed by atoms with E-state index in [-0.39, 0.29) is 17.3 Å². The maximum atomic E-state index is 13.5. The number of amides is 1. The van der Waals surface area contributed by atoms with Crippen LogP contribution in [0.25, 0.3) is 10.7 Å². The lowest BCUT2D eigenvalue weighted by Crippen LogP contribution is -2.43. The van der Waals surface area contributed by atoms with E-state index in [0.717, 1.165) is 18.4 Å². The summed E-state index contributed by atoms with van der Waals surface area (Å²) in [6, 6.07) is 5.30. The maximum Gasteiger partial charge on any atom is 0.244 e. The van der Waals surface area contributed by atoms with Crippen LogP contribution in [-0.4, -0.2) is 46.8 Å². The number of rotatable bonds is 6. The fraction of sp³-hybridized carbons (Fsp3) is 0.455. The average molecular weight is 488 g/mol. The predicted molar refractivity (Wildman–Crippen MR) is 123 cm³/mol. The molecule has 0 unspecified atom stereocenters. The third-order valence-electron chi connectivity index (χ3n) is 6.08. The van der Waals surface area contributed by atoms with Crippen LogP contribution in [0, 0.1) is 19.8 Å². The summed E-state index contributed by atoms with van der Waals surface area (Å²) in [6.07, 6.45) is 4.96. The van der Waals surface area contributed by atoms with Crippen molar-refractivity contribution in [2.75, 3.05) is 18.4 Å². The van der Waals surface area contributed by atoms with Gasteiger partial charge in [-0.15, -0.1) is 11.3 Å². The molecule has 4 heterocycles. The first-order chi connectivity index (χ1) is 15.8. The summed E-state index contributed by atoms with van der Waals surface area (Å²) in [5.41, 5.74) is 0.860. The molecular weight excluding hydrogens is 462 g/mol. The first kappa shape index (κ1) is 22.2. The number of carbonyl (C=O) groups excluding carboxylic acids is 1. The number of hydrogen-bond donors (Lipinski definition) is 1. The number of sulfonamides is 1. The summed E-state index contributed by atoms with van der Waals surface area (Å²) in [6.45, 7) is 4.17. The number of nitrogens with one attached hydrogen (secondary N) is 1. The molecule has 1 saturated carbocycles. The van der Waals surface area contributed by atoms with Crippen molar-refractivity contribution in [3.8, 4) is 10.7 Å². The van der Waals surface area contributed by atoms with Crippen molar-refractivity contribution in [2.45, 2.75) is 50.3 Å². The Morgan fingerprint density at radius 3 is 2.85 bits per heavy atom. The Kier molecular flexibility index (Phi) is 5.79. The van der Waals surface area contributed by atoms with E-state index in [1.807, 2.05) is 13.0 Å². The summed E-state index contributed by atoms with van der Waals surface area (Å²) >= 11 is 1.34. The van der Waals surface area contributed by atoms with Crippen molar-refractivity contribution >= 4 is 33.1 Å². The quantitative estimate of drug-likeness (QED) is 0.563. The van der Waals surface area contributed by atoms with E-state index in [1.165, 1.54) is 15.6 Å². The van der Waals surface area contributed by atoms with E-state index in [1.54, 1.807) is 25.3 Å². The molecule has 2 aliphatic rings. The van der Waals surface area contributed by atoms with Crippen LogP contribution in [0.2, 0.25) is 0 Å². The van der Waals surface area contributed by atoms with Crippen molar-refractivity contribution in [2.24, 2.45) is 5.92 Å². The first-order valence-corrected chi connectivity index (χ1v) is 13.3. The van der Waals surface area contributed by atoms with Gasteiger partial charge in [-0.05, 0) is 57.2 Å². The molecule has 2 fully saturated rings. The van der Waals surface area contributed by atoms with E-state index < -0.39 is 15.9 Å². The third kappa shape index (κ3) is 4.44. The Morgan fingerprint density at radius 1 is 1.27 bits per heavy atom. The Hall–Kier alpha value is -2.63. The van der Waals surface area contributed by atoms with Crippen LogP contribution in [0.4, 0.5) is 5.82 Å². The number of hydrogen-bond acceptors (Lipinski definition) is 8. The molecule has 0 radical (unpaired) electrons. The molecule has 3 aromatic heterocycles. The van der Waals surface area contributed by atoms with E-state index in [0.29, 0.717) is 52.6 Å². The standard InChI is InChI=1S/C22H25N5O4S2/c1-13-5-3-9-23-19(13)24-21(28)16-6-4-10-27(12-16)33(29,30)18-11-17(32-14(18)2)20-25-22(31-26-20)15-7-8-15/h3,5,9,11,15-16H,4,6-8,10,12H2,1-2H3,(H,23,24,28)/t16-/m1/s1. The van der Waals surface area contributed by atoms with Crippen LogP contribution in [0.15, 0.2) is 33.8 Å². The lowest BCUT2D eigenvalue weighted by molar-refractivity contribution is -0.120. The molecule has 174 valence electrons. The van der Waals surface area contributed by atoms with Crippen LogP contribution in [0.3, 0.4) is 0 Å². The van der Waals surface area contributed by atoms with Gasteiger partial charge in [-0.25, -0.2) is 13.4 Å². The second-order valence-electron chi connectivity index (χ2n) is 8.62. The summed E-state index contributed by atoms with van der Waals surface area (Å²) in [5, 5.41) is 6.88. The minimum Gasteiger partial charge on any atom is -0.339 e. The van der Waals surface area contributed by atoms with Gasteiger partial charge in [0.05, 0.1) is 15.7 Å². The van der Waals surface area contributed by atoms with Gasteiger partial charge in [-0.3, -0.25) is 4.79 Å². The van der Waals surface area contributed by atoms with Gasteiger partial charge in [-0.1, -0.05) is 11.2 Å². The lowest BCUT2D eigenvalue weighted by atomic mass is 9.99. The first-order valence-electron chi connectivity index (χ1n) is 11.0. The lowest BCUT2D eigenvalue weighted by Gasteiger charge is -2.31. The van der Waals surface area contributed by atoms with Gasteiger partial charge in [0.25, 0.3) is 0 Å². The molecule has 1 N–H and O–H groups in total. The monoisotopic (exact) mass is 487 g/mol. The highest BCUT2D eigenvalue weighted by molar-refractivity contribution is 7.89. The third-order valence-corrected chi connectivity index (χ3v) is 9.25. The van der Waals surface area contributed by atoms with Crippen molar-refractivity contribution in [1.82, 2.24) is 19.4 Å². The van der Waals surface area contributed by atoms with Gasteiger partial charge in [0.2, 0.25) is 27.6 Å². The van der Waals surface area contributed by atoms with Crippen LogP contribution in [-0.2, 0) is 14.8 Å². The van der Waals surface area contributed by atoms with Crippen molar-refractivity contribution in [1.29, 1.82) is 0 Å². The van der Waals surface area contributed by atoms with Crippen molar-refractivity contribution < 1.29 is 17.7 Å². The summed E-state index contributed by atoms with van der Waals surface area (Å²) in [7, 11) is -3.76. The Morgan fingerprint density at radius 2 is 2.09 bits per heavy atom. The van der Waals surface area contributed by atoms with Gasteiger partial charge in [0.1, 0.15) is 5.82 Å². The minimum atomic E-state index is -3.76. The molecule has 0 spiro atoms. The fourth-order valence-corrected chi connectivity index (χ4v) is 7.02. The van der Waals surface area contributed by atoms with Gasteiger partial charge in [0, 0.05) is 30.1 Å². The smallest absolute Gasteiger partial charge is 0.244 e. The number of piperidine rings is 1. The minimum absolute atomic E-state index is 0.138. The number of carbonyl (C=O) groups is 1. The number of thiophene rings is 1. The summed E-state index contributed by atoms with van der Waals surface area (Å²) in [4.78, 5) is 23.1. The Bertz CT molecular complexity index is 1300. The van der Waals surface area contributed by atoms with Crippen LogP contribution >= 0.6 is 11.3 Å². The number of anilines is 1. The number of nitrogens with zero attached hydrogens (tertiary/aromatic N) is 4. The van der Waals surface area contributed by atoms with Gasteiger partial charge in [0.15, 0.2) is 0 Å². The molecule has 3 aromatic rings. The van der Waals surface area contributed by atoms with E-state index in [2.05, 4.69) is 20.4 Å². The van der Waals surface area contributed by atoms with E-state index >= 15 is 0 Å². The molecule has 1 aliphatic heterocycles. The highest BCUT2D eigenvalue weighted by Crippen LogP contribution is 2.41. The second-order valence-corrected chi connectivity index (χ2v) is 11.8. The molecule has 1 aliphatic carbocycles. The number of pyridine rings is 1. The molecule has 5 rings (SSSR count). The molecule has 1 atom stereocenters. The second kappa shape index (κ2) is 8.62. The molecule has 11 heteroatoms. The molecule has 1 saturated heterocycles. The normalized spacial score (nSPS) is 19.5. The van der Waals surface area contributed by atoms with E-state index in [9.17, 15) is 13.2 Å². The summed E-state index contributed by atoms with van der Waals surface area (Å²) < 4.78 is 33.7. The Balaban J connectivity index is 1.33. The van der Waals surface area contributed by atoms with Crippen molar-refractivity contribution in [3.63, 3.8) is 0 Å². The highest BCUT2D eigenvalue weighted by atomic mass is 32.2. The molecule has 1 amide bonds. The van der Waals surface area contributed by atoms with Gasteiger partial charge >= 0.3 is 0 Å². The SMILES string of the molecule is Cc1cccnc1NC(=O)[C@@H]1CCCN(S(=O)(=O)c2cc(-c3noc(C4CC4)n3)sc2C)C1. The number of aromatic nitrogens is 3. The highest BCUT2D eigenvalue weighted by Gasteiger charge is 2.36. The average Bonchev–Trinajstić information content (AvgIpc) is 3.39. The fourth-order valence-electron chi connectivity index (χ4n) is 4.01. The molecular formula is C22H25N5O4S2. The molecule has 9 nitrogen and oxygen atoms in total. The van der Waals surface area contributed by atoms with Crippen LogP contribution < -0.4 is 5.32 Å². The number of aryl methyl sites for hydroxylation is 2. The largest absolute Gasteiger partial charge is 0.339 e. The zero-order chi connectivity index (χ0) is 23.2. The van der Waals surface area contributed by atoms with Crippen LogP contribution in [0.5, 0.6) is 0 Å². The van der Waals surface area contributed by atoms with Crippen molar-refractivity contribution in [3.05, 3.63) is 40.7 Å². The zero-order valence-electron chi connectivity index (χ0n) is 18.4. The Labute approximate surface area is 196 Å². The topological polar surface area (TPSA) is 118 Å². The molecule has 0 bridgehead atoms. The molecule has 0 aromatic carbocycles. The van der Waals surface area contributed by atoms with Gasteiger partial charge in [-0.2, -0.15) is 9.29 Å². The van der Waals surface area contributed by atoms with Gasteiger partial charge < -0.3 is 9.84 Å². The van der Waals surface area contributed by atoms with E-state index in [4.69, 9.17) is 4.52 Å².